The maximum absolute atomic E-state index is 12.7. The summed E-state index contributed by atoms with van der Waals surface area (Å²) in [7, 11) is 0. The molecule has 114 valence electrons. The normalized spacial score (nSPS) is 27.1. The third kappa shape index (κ3) is 3.10. The number of ether oxygens (including phenoxy) is 2. The number of carbonyl (C=O) groups excluding carboxylic acids is 1. The molecule has 0 spiro atoms. The molecule has 0 saturated carbocycles. The summed E-state index contributed by atoms with van der Waals surface area (Å²) >= 11 is 0. The lowest BCUT2D eigenvalue weighted by atomic mass is 9.97. The van der Waals surface area contributed by atoms with E-state index in [0.29, 0.717) is 52.2 Å². The maximum Gasteiger partial charge on any atom is 0.348 e. The van der Waals surface area contributed by atoms with Crippen molar-refractivity contribution in [3.63, 3.8) is 0 Å². The van der Waals surface area contributed by atoms with Gasteiger partial charge in [-0.05, 0) is 24.5 Å². The number of hydrogen-bond donors (Lipinski definition) is 1. The summed E-state index contributed by atoms with van der Waals surface area (Å²) in [5.41, 5.74) is 1.05. The predicted molar refractivity (Wildman–Crippen MR) is 76.0 cm³/mol. The highest BCUT2D eigenvalue weighted by Crippen LogP contribution is 2.25. The molecule has 1 aromatic rings. The minimum atomic E-state index is -0.515. The van der Waals surface area contributed by atoms with Crippen LogP contribution in [0.4, 0.5) is 0 Å². The molecular formula is C16H22NO4+. The Morgan fingerprint density at radius 1 is 1.14 bits per heavy atom. The van der Waals surface area contributed by atoms with Crippen LogP contribution in [0.25, 0.3) is 0 Å². The highest BCUT2D eigenvalue weighted by molar-refractivity contribution is 5.71. The Labute approximate surface area is 124 Å². The summed E-state index contributed by atoms with van der Waals surface area (Å²) < 4.78 is 10.5. The van der Waals surface area contributed by atoms with Gasteiger partial charge in [0.2, 0.25) is 0 Å². The van der Waals surface area contributed by atoms with Crippen molar-refractivity contribution in [3.8, 4) is 5.75 Å². The van der Waals surface area contributed by atoms with Gasteiger partial charge in [-0.2, -0.15) is 0 Å². The summed E-state index contributed by atoms with van der Waals surface area (Å²) in [6.45, 7) is 2.29. The minimum absolute atomic E-state index is 0.0821. The first-order valence-electron chi connectivity index (χ1n) is 7.62. The van der Waals surface area contributed by atoms with Crippen molar-refractivity contribution in [1.82, 2.24) is 0 Å². The van der Waals surface area contributed by atoms with Gasteiger partial charge in [0.1, 0.15) is 18.9 Å². The summed E-state index contributed by atoms with van der Waals surface area (Å²) in [4.78, 5) is 12.7. The number of benzene rings is 1. The summed E-state index contributed by atoms with van der Waals surface area (Å²) in [6.07, 6.45) is 2.05. The van der Waals surface area contributed by atoms with E-state index in [4.69, 9.17) is 9.47 Å². The molecule has 3 rings (SSSR count). The van der Waals surface area contributed by atoms with Gasteiger partial charge in [-0.25, -0.2) is 10.0 Å². The van der Waals surface area contributed by atoms with Crippen LogP contribution in [-0.2, 0) is 16.0 Å². The quantitative estimate of drug-likeness (QED) is 0.633. The number of quaternary nitrogens is 1. The topological polar surface area (TPSA) is 55.8 Å². The molecule has 1 saturated heterocycles. The SMILES string of the molecule is O=C(C1CCOCC1)[N+]1(O)CCOc2ccccc2CC1. The fourth-order valence-electron chi connectivity index (χ4n) is 3.08. The molecule has 0 radical (unpaired) electrons. The van der Waals surface area contributed by atoms with Crippen molar-refractivity contribution in [2.45, 2.75) is 19.3 Å². The standard InChI is InChI=1S/C16H22NO4/c18-16(14-6-10-20-11-7-14)17(19)8-5-13-3-1-2-4-15(13)21-12-9-17/h1-4,14,19H,5-12H2/q+1. The highest BCUT2D eigenvalue weighted by Gasteiger charge is 2.42. The van der Waals surface area contributed by atoms with Crippen molar-refractivity contribution in [2.24, 2.45) is 5.92 Å². The lowest BCUT2D eigenvalue weighted by Crippen LogP contribution is -2.56. The van der Waals surface area contributed by atoms with E-state index in [2.05, 4.69) is 0 Å². The number of nitrogens with zero attached hydrogens (tertiary/aromatic N) is 1. The van der Waals surface area contributed by atoms with Crippen LogP contribution in [-0.4, -0.2) is 48.7 Å². The molecule has 1 amide bonds. The number of carbonyl (C=O) groups is 1. The molecule has 2 aliphatic heterocycles. The van der Waals surface area contributed by atoms with Crippen LogP contribution >= 0.6 is 0 Å². The average Bonchev–Trinajstić information content (AvgIpc) is 2.52. The van der Waals surface area contributed by atoms with Gasteiger partial charge in [-0.1, -0.05) is 18.2 Å². The van der Waals surface area contributed by atoms with E-state index >= 15 is 0 Å². The summed E-state index contributed by atoms with van der Waals surface area (Å²) in [6, 6.07) is 7.82. The Balaban J connectivity index is 1.74. The van der Waals surface area contributed by atoms with E-state index in [1.54, 1.807) is 0 Å². The Morgan fingerprint density at radius 2 is 1.90 bits per heavy atom. The molecule has 0 bridgehead atoms. The largest absolute Gasteiger partial charge is 0.487 e. The molecular weight excluding hydrogens is 270 g/mol. The fraction of sp³-hybridized carbons (Fsp3) is 0.562. The van der Waals surface area contributed by atoms with E-state index in [0.717, 1.165) is 11.3 Å². The molecule has 0 aliphatic carbocycles. The van der Waals surface area contributed by atoms with Crippen LogP contribution in [0.2, 0.25) is 0 Å². The van der Waals surface area contributed by atoms with Crippen molar-refractivity contribution in [1.29, 1.82) is 0 Å². The fourth-order valence-corrected chi connectivity index (χ4v) is 3.08. The zero-order valence-electron chi connectivity index (χ0n) is 12.2. The van der Waals surface area contributed by atoms with E-state index in [1.807, 2.05) is 24.3 Å². The lowest BCUT2D eigenvalue weighted by molar-refractivity contribution is -1.04. The Hall–Kier alpha value is -1.43. The van der Waals surface area contributed by atoms with E-state index in [9.17, 15) is 10.0 Å². The number of amides is 1. The molecule has 5 heteroatoms. The first-order valence-corrected chi connectivity index (χ1v) is 7.62. The molecule has 1 atom stereocenters. The van der Waals surface area contributed by atoms with Gasteiger partial charge in [0.25, 0.3) is 0 Å². The second kappa shape index (κ2) is 6.13. The van der Waals surface area contributed by atoms with Crippen LogP contribution in [0.15, 0.2) is 24.3 Å². The molecule has 1 N–H and O–H groups in total. The monoisotopic (exact) mass is 292 g/mol. The Bertz CT molecular complexity index is 513. The zero-order valence-corrected chi connectivity index (χ0v) is 12.2. The van der Waals surface area contributed by atoms with Gasteiger partial charge in [0.15, 0.2) is 6.54 Å². The first kappa shape index (κ1) is 14.5. The molecule has 2 aliphatic rings. The van der Waals surface area contributed by atoms with Crippen LogP contribution in [0.5, 0.6) is 5.75 Å². The van der Waals surface area contributed by atoms with Gasteiger partial charge in [-0.15, -0.1) is 4.65 Å². The number of para-hydroxylation sites is 1. The smallest absolute Gasteiger partial charge is 0.348 e. The Morgan fingerprint density at radius 3 is 2.71 bits per heavy atom. The molecule has 1 unspecified atom stereocenters. The third-order valence-electron chi connectivity index (χ3n) is 4.42. The van der Waals surface area contributed by atoms with Crippen molar-refractivity contribution >= 4 is 5.91 Å². The van der Waals surface area contributed by atoms with Crippen molar-refractivity contribution in [3.05, 3.63) is 29.8 Å². The van der Waals surface area contributed by atoms with Crippen molar-refractivity contribution in [2.75, 3.05) is 32.9 Å². The number of hydroxylamine groups is 3. The van der Waals surface area contributed by atoms with Crippen LogP contribution < -0.4 is 4.74 Å². The van der Waals surface area contributed by atoms with Gasteiger partial charge in [0, 0.05) is 19.6 Å². The van der Waals surface area contributed by atoms with Gasteiger partial charge in [0.05, 0.1) is 5.92 Å². The highest BCUT2D eigenvalue weighted by atomic mass is 16.6. The van der Waals surface area contributed by atoms with Crippen molar-refractivity contribution < 1.29 is 24.1 Å². The summed E-state index contributed by atoms with van der Waals surface area (Å²) in [5, 5.41) is 10.8. The average molecular weight is 292 g/mol. The number of hydrogen-bond acceptors (Lipinski definition) is 4. The molecule has 1 aromatic carbocycles. The van der Waals surface area contributed by atoms with Crippen LogP contribution in [0, 0.1) is 5.92 Å². The number of fused-ring (bicyclic) bond motifs is 1. The zero-order chi connectivity index (χ0) is 14.7. The minimum Gasteiger partial charge on any atom is -0.487 e. The van der Waals surface area contributed by atoms with Gasteiger partial charge < -0.3 is 9.47 Å². The first-order chi connectivity index (χ1) is 10.2. The number of rotatable bonds is 1. The van der Waals surface area contributed by atoms with Gasteiger partial charge >= 0.3 is 5.91 Å². The molecule has 21 heavy (non-hydrogen) atoms. The van der Waals surface area contributed by atoms with E-state index in [-0.39, 0.29) is 11.8 Å². The molecule has 5 nitrogen and oxygen atoms in total. The molecule has 1 fully saturated rings. The lowest BCUT2D eigenvalue weighted by Gasteiger charge is -2.33. The second-order valence-electron chi connectivity index (χ2n) is 5.80. The summed E-state index contributed by atoms with van der Waals surface area (Å²) in [5.74, 6) is 0.682. The van der Waals surface area contributed by atoms with Crippen LogP contribution in [0.1, 0.15) is 18.4 Å². The molecule has 0 aromatic heterocycles. The van der Waals surface area contributed by atoms with Crippen LogP contribution in [0.3, 0.4) is 0 Å². The maximum atomic E-state index is 12.7. The van der Waals surface area contributed by atoms with E-state index < -0.39 is 4.65 Å². The predicted octanol–water partition coefficient (Wildman–Crippen LogP) is 1.78. The third-order valence-corrected chi connectivity index (χ3v) is 4.42. The Kier molecular flexibility index (Phi) is 4.24. The molecule has 2 heterocycles. The second-order valence-corrected chi connectivity index (χ2v) is 5.80. The van der Waals surface area contributed by atoms with E-state index in [1.165, 1.54) is 0 Å². The van der Waals surface area contributed by atoms with Gasteiger partial charge in [-0.3, -0.25) is 0 Å².